The van der Waals surface area contributed by atoms with Crippen molar-refractivity contribution < 1.29 is 18.3 Å². The number of alkyl halides is 1. The van der Waals surface area contributed by atoms with Crippen LogP contribution in [-0.4, -0.2) is 37.8 Å². The van der Waals surface area contributed by atoms with Crippen molar-refractivity contribution in [3.05, 3.63) is 94.3 Å². The molecule has 1 unspecified atom stereocenters. The number of rotatable bonds is 7. The van der Waals surface area contributed by atoms with E-state index in [0.717, 1.165) is 59.0 Å². The fourth-order valence-corrected chi connectivity index (χ4v) is 4.93. The number of hydrogen-bond donors (Lipinski definition) is 0. The van der Waals surface area contributed by atoms with Gasteiger partial charge in [-0.05, 0) is 85.0 Å². The van der Waals surface area contributed by atoms with Crippen molar-refractivity contribution in [3.8, 4) is 11.5 Å². The Bertz CT molecular complexity index is 1230. The Morgan fingerprint density at radius 3 is 2.31 bits per heavy atom. The zero-order valence-electron chi connectivity index (χ0n) is 20.5. The summed E-state index contributed by atoms with van der Waals surface area (Å²) in [5, 5.41) is 0. The number of allylic oxidation sites excluding steroid dienone is 1. The van der Waals surface area contributed by atoms with E-state index in [0.29, 0.717) is 6.61 Å². The van der Waals surface area contributed by atoms with Gasteiger partial charge in [-0.3, -0.25) is 9.29 Å². The lowest BCUT2D eigenvalue weighted by Crippen LogP contribution is -2.49. The lowest BCUT2D eigenvalue weighted by atomic mass is 9.85. The van der Waals surface area contributed by atoms with Gasteiger partial charge in [0.2, 0.25) is 0 Å². The third-order valence-corrected chi connectivity index (χ3v) is 7.18. The molecule has 3 nitrogen and oxygen atoms in total. The predicted octanol–water partition coefficient (Wildman–Crippen LogP) is 6.79. The quantitative estimate of drug-likeness (QED) is 0.376. The Kier molecular flexibility index (Phi) is 6.61. The molecule has 0 radical (unpaired) electrons. The van der Waals surface area contributed by atoms with Gasteiger partial charge in [-0.2, -0.15) is 0 Å². The lowest BCUT2D eigenvalue weighted by molar-refractivity contribution is 0.0668. The molecule has 3 aromatic carbocycles. The molecule has 0 aliphatic carbocycles. The van der Waals surface area contributed by atoms with Crippen molar-refractivity contribution in [1.82, 2.24) is 4.90 Å². The third-order valence-electron chi connectivity index (χ3n) is 7.18. The second kappa shape index (κ2) is 9.82. The molecule has 35 heavy (non-hydrogen) atoms. The largest absolute Gasteiger partial charge is 0.492 e. The molecule has 2 aliphatic rings. The number of aryl methyl sites for hydroxylation is 2. The molecule has 0 N–H and O–H groups in total. The molecule has 2 heterocycles. The van der Waals surface area contributed by atoms with Crippen LogP contribution < -0.4 is 9.47 Å². The molecule has 0 aromatic heterocycles. The van der Waals surface area contributed by atoms with Crippen molar-refractivity contribution >= 4 is 11.1 Å². The van der Waals surface area contributed by atoms with E-state index in [2.05, 4.69) is 37.8 Å². The summed E-state index contributed by atoms with van der Waals surface area (Å²) in [6, 6.07) is 18.9. The van der Waals surface area contributed by atoms with Crippen LogP contribution in [0.15, 0.2) is 60.7 Å². The fraction of sp³-hybridized carbons (Fsp3) is 0.333. The average Bonchev–Trinajstić information content (AvgIpc) is 2.83. The van der Waals surface area contributed by atoms with E-state index in [9.17, 15) is 8.78 Å². The van der Waals surface area contributed by atoms with Crippen LogP contribution in [0, 0.1) is 25.6 Å². The molecule has 2 aliphatic heterocycles. The summed E-state index contributed by atoms with van der Waals surface area (Å²) in [7, 11) is 0. The Balaban J connectivity index is 1.39. The summed E-state index contributed by atoms with van der Waals surface area (Å²) < 4.78 is 38.8. The smallest absolute Gasteiger partial charge is 0.150 e. The van der Waals surface area contributed by atoms with Gasteiger partial charge >= 0.3 is 0 Å². The van der Waals surface area contributed by atoms with Gasteiger partial charge in [0.15, 0.2) is 0 Å². The molecular weight excluding hydrogens is 444 g/mol. The monoisotopic (exact) mass is 475 g/mol. The number of hydrogen-bond acceptors (Lipinski definition) is 3. The minimum Gasteiger partial charge on any atom is -0.492 e. The number of nitrogens with zero attached hydrogens (tertiary/aromatic N) is 1. The highest BCUT2D eigenvalue weighted by molar-refractivity contribution is 5.95. The normalized spacial score (nSPS) is 18.1. The van der Waals surface area contributed by atoms with E-state index >= 15 is 0 Å². The first-order chi connectivity index (χ1) is 16.9. The zero-order chi connectivity index (χ0) is 24.5. The molecule has 1 atom stereocenters. The van der Waals surface area contributed by atoms with Crippen LogP contribution in [-0.2, 0) is 0 Å². The lowest BCUT2D eigenvalue weighted by Gasteiger charge is -2.37. The summed E-state index contributed by atoms with van der Waals surface area (Å²) in [6.45, 7) is 9.08. The van der Waals surface area contributed by atoms with Crippen LogP contribution in [0.4, 0.5) is 8.78 Å². The fourth-order valence-electron chi connectivity index (χ4n) is 4.93. The standard InChI is InChI=1S/C30H31F2NO2/c1-19-14-27-21(3)29(23-4-8-25(32)9-5-23)30(35-28(27)15-20(19)2)24-6-10-26(11-7-24)34-13-12-33-17-22(16-31)18-33/h4-11,14-15,22,30H,12-13,16-18H2,1-3H3. The van der Waals surface area contributed by atoms with E-state index in [-0.39, 0.29) is 24.5 Å². The van der Waals surface area contributed by atoms with Crippen LogP contribution in [0.5, 0.6) is 11.5 Å². The van der Waals surface area contributed by atoms with Crippen molar-refractivity contribution in [2.75, 3.05) is 32.9 Å². The minimum atomic E-state index is -0.317. The summed E-state index contributed by atoms with van der Waals surface area (Å²) in [5.74, 6) is 1.59. The van der Waals surface area contributed by atoms with Crippen LogP contribution in [0.3, 0.4) is 0 Å². The molecule has 0 saturated carbocycles. The molecule has 1 saturated heterocycles. The first kappa shape index (κ1) is 23.6. The maximum absolute atomic E-state index is 13.7. The van der Waals surface area contributed by atoms with Gasteiger partial charge in [0.25, 0.3) is 0 Å². The second-order valence-electron chi connectivity index (χ2n) is 9.67. The number of halogens is 2. The summed E-state index contributed by atoms with van der Waals surface area (Å²) in [5.41, 5.74) is 7.59. The summed E-state index contributed by atoms with van der Waals surface area (Å²) in [6.07, 6.45) is -0.317. The molecule has 0 spiro atoms. The van der Waals surface area contributed by atoms with E-state index < -0.39 is 0 Å². The highest BCUT2D eigenvalue weighted by atomic mass is 19.1. The van der Waals surface area contributed by atoms with Crippen LogP contribution in [0.1, 0.15) is 40.8 Å². The van der Waals surface area contributed by atoms with Gasteiger partial charge in [0.05, 0.1) is 6.67 Å². The first-order valence-corrected chi connectivity index (χ1v) is 12.2. The van der Waals surface area contributed by atoms with Gasteiger partial charge in [-0.15, -0.1) is 0 Å². The van der Waals surface area contributed by atoms with Crippen molar-refractivity contribution in [3.63, 3.8) is 0 Å². The maximum atomic E-state index is 13.7. The number of fused-ring (bicyclic) bond motifs is 1. The molecule has 3 aromatic rings. The molecule has 1 fully saturated rings. The van der Waals surface area contributed by atoms with Gasteiger partial charge in [0, 0.05) is 36.7 Å². The highest BCUT2D eigenvalue weighted by Gasteiger charge is 2.30. The number of benzene rings is 3. The van der Waals surface area contributed by atoms with Gasteiger partial charge < -0.3 is 9.47 Å². The third kappa shape index (κ3) is 4.83. The zero-order valence-corrected chi connectivity index (χ0v) is 20.5. The van der Waals surface area contributed by atoms with Gasteiger partial charge in [-0.1, -0.05) is 24.3 Å². The Morgan fingerprint density at radius 2 is 1.63 bits per heavy atom. The van der Waals surface area contributed by atoms with Gasteiger partial charge in [0.1, 0.15) is 30.0 Å². The van der Waals surface area contributed by atoms with E-state index in [4.69, 9.17) is 9.47 Å². The highest BCUT2D eigenvalue weighted by Crippen LogP contribution is 2.47. The second-order valence-corrected chi connectivity index (χ2v) is 9.67. The number of ether oxygens (including phenoxy) is 2. The van der Waals surface area contributed by atoms with Crippen molar-refractivity contribution in [1.29, 1.82) is 0 Å². The first-order valence-electron chi connectivity index (χ1n) is 12.2. The molecule has 5 rings (SSSR count). The molecule has 0 amide bonds. The number of likely N-dealkylation sites (tertiary alicyclic amines) is 1. The van der Waals surface area contributed by atoms with Gasteiger partial charge in [-0.25, -0.2) is 4.39 Å². The predicted molar refractivity (Wildman–Crippen MR) is 136 cm³/mol. The van der Waals surface area contributed by atoms with Crippen LogP contribution >= 0.6 is 0 Å². The van der Waals surface area contributed by atoms with E-state index in [1.54, 1.807) is 0 Å². The minimum absolute atomic E-state index is 0.189. The van der Waals surface area contributed by atoms with Crippen molar-refractivity contribution in [2.45, 2.75) is 26.9 Å². The van der Waals surface area contributed by atoms with E-state index in [1.807, 2.05) is 36.4 Å². The van der Waals surface area contributed by atoms with Crippen molar-refractivity contribution in [2.24, 2.45) is 5.92 Å². The van der Waals surface area contributed by atoms with E-state index in [1.165, 1.54) is 23.3 Å². The molecular formula is C30H31F2NO2. The average molecular weight is 476 g/mol. The van der Waals surface area contributed by atoms with Crippen LogP contribution in [0.25, 0.3) is 11.1 Å². The Labute approximate surface area is 206 Å². The molecule has 182 valence electrons. The molecule has 0 bridgehead atoms. The topological polar surface area (TPSA) is 21.7 Å². The Morgan fingerprint density at radius 1 is 0.943 bits per heavy atom. The molecule has 5 heteroatoms. The Hall–Kier alpha value is -3.18. The van der Waals surface area contributed by atoms with Crippen LogP contribution in [0.2, 0.25) is 0 Å². The summed E-state index contributed by atoms with van der Waals surface area (Å²) >= 11 is 0. The summed E-state index contributed by atoms with van der Waals surface area (Å²) in [4.78, 5) is 2.21. The SMILES string of the molecule is CC1=C(c2ccc(F)cc2)C(c2ccc(OCCN3CC(CF)C3)cc2)Oc2cc(C)c(C)cc21. The maximum Gasteiger partial charge on any atom is 0.150 e.